The second kappa shape index (κ2) is 7.31. The number of rotatable bonds is 5. The summed E-state index contributed by atoms with van der Waals surface area (Å²) in [7, 11) is 0. The average molecular weight is 322 g/mol. The molecule has 0 aliphatic heterocycles. The molecule has 0 saturated carbocycles. The summed E-state index contributed by atoms with van der Waals surface area (Å²) in [5, 5.41) is 0.309. The van der Waals surface area contributed by atoms with Crippen LogP contribution in [0.3, 0.4) is 0 Å². The Kier molecular flexibility index (Phi) is 5.44. The molecule has 22 heavy (non-hydrogen) atoms. The van der Waals surface area contributed by atoms with Gasteiger partial charge in [0, 0.05) is 35.9 Å². The van der Waals surface area contributed by atoms with E-state index >= 15 is 0 Å². The van der Waals surface area contributed by atoms with E-state index in [1.165, 1.54) is 29.4 Å². The first-order valence-electron chi connectivity index (χ1n) is 7.09. The zero-order valence-corrected chi connectivity index (χ0v) is 13.3. The molecule has 0 bridgehead atoms. The molecule has 6 heteroatoms. The number of halogens is 2. The van der Waals surface area contributed by atoms with Crippen LogP contribution < -0.4 is 0 Å². The maximum atomic E-state index is 13.9. The maximum absolute atomic E-state index is 13.9. The Hall–Kier alpha value is -2.01. The lowest BCUT2D eigenvalue weighted by Gasteiger charge is -2.21. The molecule has 2 aromatic rings. The lowest BCUT2D eigenvalue weighted by atomic mass is 10.2. The smallest absolute Gasteiger partial charge is 0.257 e. The minimum Gasteiger partial charge on any atom is -0.334 e. The molecular formula is C16H17ClFN3O. The predicted octanol–water partition coefficient (Wildman–Crippen LogP) is 3.49. The van der Waals surface area contributed by atoms with Crippen LogP contribution in [0.15, 0.2) is 30.6 Å². The summed E-state index contributed by atoms with van der Waals surface area (Å²) in [6.45, 7) is 4.30. The van der Waals surface area contributed by atoms with E-state index in [9.17, 15) is 9.18 Å². The normalized spacial score (nSPS) is 10.5. The molecule has 0 atom stereocenters. The predicted molar refractivity (Wildman–Crippen MR) is 83.2 cm³/mol. The fourth-order valence-electron chi connectivity index (χ4n) is 2.03. The van der Waals surface area contributed by atoms with Crippen LogP contribution >= 0.6 is 11.6 Å². The van der Waals surface area contributed by atoms with Gasteiger partial charge in [0.1, 0.15) is 11.6 Å². The van der Waals surface area contributed by atoms with Gasteiger partial charge in [-0.15, -0.1) is 0 Å². The van der Waals surface area contributed by atoms with E-state index in [1.807, 2.05) is 13.8 Å². The van der Waals surface area contributed by atoms with Crippen LogP contribution in [0, 0.1) is 5.82 Å². The van der Waals surface area contributed by atoms with Crippen molar-refractivity contribution in [1.82, 2.24) is 14.9 Å². The van der Waals surface area contributed by atoms with E-state index in [0.29, 0.717) is 34.9 Å². The molecule has 0 aliphatic carbocycles. The molecule has 0 N–H and O–H groups in total. The van der Waals surface area contributed by atoms with Crippen LogP contribution in [0.25, 0.3) is 0 Å². The number of hydrogen-bond acceptors (Lipinski definition) is 3. The molecule has 0 aliphatic rings. The topological polar surface area (TPSA) is 46.1 Å². The molecule has 2 rings (SSSR count). The third-order valence-corrected chi connectivity index (χ3v) is 3.70. The SMILES string of the molecule is CCc1ncc(C(=O)N(CC)Cc2c(F)cccc2Cl)cn1. The van der Waals surface area contributed by atoms with E-state index in [2.05, 4.69) is 9.97 Å². The Balaban J connectivity index is 2.21. The number of aryl methyl sites for hydroxylation is 1. The van der Waals surface area contributed by atoms with Crippen molar-refractivity contribution in [2.45, 2.75) is 26.8 Å². The van der Waals surface area contributed by atoms with E-state index < -0.39 is 5.82 Å². The van der Waals surface area contributed by atoms with Gasteiger partial charge < -0.3 is 4.90 Å². The number of carbonyl (C=O) groups excluding carboxylic acids is 1. The number of nitrogens with zero attached hydrogens (tertiary/aromatic N) is 3. The zero-order chi connectivity index (χ0) is 16.1. The highest BCUT2D eigenvalue weighted by Crippen LogP contribution is 2.21. The Labute approximate surface area is 134 Å². The van der Waals surface area contributed by atoms with Gasteiger partial charge in [0.2, 0.25) is 0 Å². The molecule has 1 aromatic heterocycles. The minimum absolute atomic E-state index is 0.108. The Bertz CT molecular complexity index is 641. The van der Waals surface area contributed by atoms with Gasteiger partial charge in [0.15, 0.2) is 0 Å². The molecule has 116 valence electrons. The molecule has 0 saturated heterocycles. The zero-order valence-electron chi connectivity index (χ0n) is 12.5. The van der Waals surface area contributed by atoms with Gasteiger partial charge in [0.05, 0.1) is 12.1 Å². The second-order valence-electron chi connectivity index (χ2n) is 4.76. The summed E-state index contributed by atoms with van der Waals surface area (Å²) in [6, 6.07) is 4.48. The van der Waals surface area contributed by atoms with Crippen molar-refractivity contribution in [3.05, 3.63) is 58.4 Å². The van der Waals surface area contributed by atoms with Crippen molar-refractivity contribution in [2.75, 3.05) is 6.54 Å². The number of benzene rings is 1. The van der Waals surface area contributed by atoms with Gasteiger partial charge >= 0.3 is 0 Å². The lowest BCUT2D eigenvalue weighted by molar-refractivity contribution is 0.0750. The number of carbonyl (C=O) groups is 1. The fourth-order valence-corrected chi connectivity index (χ4v) is 2.25. The minimum atomic E-state index is -0.420. The van der Waals surface area contributed by atoms with Crippen LogP contribution in [0.5, 0.6) is 0 Å². The Morgan fingerprint density at radius 2 is 1.95 bits per heavy atom. The third kappa shape index (κ3) is 3.60. The van der Waals surface area contributed by atoms with Crippen molar-refractivity contribution in [3.63, 3.8) is 0 Å². The van der Waals surface area contributed by atoms with Gasteiger partial charge in [-0.05, 0) is 19.1 Å². The second-order valence-corrected chi connectivity index (χ2v) is 5.17. The van der Waals surface area contributed by atoms with Gasteiger partial charge in [-0.25, -0.2) is 14.4 Å². The molecule has 1 aromatic carbocycles. The summed E-state index contributed by atoms with van der Waals surface area (Å²) in [4.78, 5) is 22.2. The molecule has 1 amide bonds. The highest BCUT2D eigenvalue weighted by atomic mass is 35.5. The summed E-state index contributed by atoms with van der Waals surface area (Å²) in [5.41, 5.74) is 0.692. The lowest BCUT2D eigenvalue weighted by Crippen LogP contribution is -2.31. The van der Waals surface area contributed by atoms with Gasteiger partial charge in [0.25, 0.3) is 5.91 Å². The maximum Gasteiger partial charge on any atom is 0.257 e. The van der Waals surface area contributed by atoms with Crippen molar-refractivity contribution in [1.29, 1.82) is 0 Å². The largest absolute Gasteiger partial charge is 0.334 e. The van der Waals surface area contributed by atoms with Crippen LogP contribution in [-0.4, -0.2) is 27.3 Å². The van der Waals surface area contributed by atoms with E-state index in [-0.39, 0.29) is 12.5 Å². The van der Waals surface area contributed by atoms with E-state index in [0.717, 1.165) is 0 Å². The van der Waals surface area contributed by atoms with Crippen molar-refractivity contribution in [3.8, 4) is 0 Å². The molecule has 0 unspecified atom stereocenters. The number of amides is 1. The fraction of sp³-hybridized carbons (Fsp3) is 0.312. The van der Waals surface area contributed by atoms with Crippen molar-refractivity contribution >= 4 is 17.5 Å². The van der Waals surface area contributed by atoms with Crippen molar-refractivity contribution < 1.29 is 9.18 Å². The third-order valence-electron chi connectivity index (χ3n) is 3.35. The molecule has 0 fully saturated rings. The van der Waals surface area contributed by atoms with Crippen molar-refractivity contribution in [2.24, 2.45) is 0 Å². The van der Waals surface area contributed by atoms with Crippen LogP contribution in [0.4, 0.5) is 4.39 Å². The molecule has 0 spiro atoms. The van der Waals surface area contributed by atoms with Crippen LogP contribution in [0.1, 0.15) is 35.6 Å². The van der Waals surface area contributed by atoms with Gasteiger partial charge in [-0.3, -0.25) is 4.79 Å². The monoisotopic (exact) mass is 321 g/mol. The Morgan fingerprint density at radius 1 is 1.27 bits per heavy atom. The van der Waals surface area contributed by atoms with Crippen LogP contribution in [0.2, 0.25) is 5.02 Å². The number of hydrogen-bond donors (Lipinski definition) is 0. The summed E-state index contributed by atoms with van der Waals surface area (Å²) in [6.07, 6.45) is 3.70. The standard InChI is InChI=1S/C16H17ClFN3O/c1-3-15-19-8-11(9-20-15)16(22)21(4-2)10-12-13(17)6-5-7-14(12)18/h5-9H,3-4,10H2,1-2H3. The molecule has 4 nitrogen and oxygen atoms in total. The first kappa shape index (κ1) is 16.4. The molecule has 1 heterocycles. The Morgan fingerprint density at radius 3 is 2.50 bits per heavy atom. The molecule has 0 radical (unpaired) electrons. The summed E-state index contributed by atoms with van der Waals surface area (Å²) >= 11 is 6.02. The highest BCUT2D eigenvalue weighted by molar-refractivity contribution is 6.31. The first-order chi connectivity index (χ1) is 10.6. The van der Waals surface area contributed by atoms with E-state index in [1.54, 1.807) is 6.07 Å². The first-order valence-corrected chi connectivity index (χ1v) is 7.47. The van der Waals surface area contributed by atoms with E-state index in [4.69, 9.17) is 11.6 Å². The van der Waals surface area contributed by atoms with Gasteiger partial charge in [-0.2, -0.15) is 0 Å². The van der Waals surface area contributed by atoms with Gasteiger partial charge in [-0.1, -0.05) is 24.6 Å². The summed E-state index contributed by atoms with van der Waals surface area (Å²) < 4.78 is 13.9. The van der Waals surface area contributed by atoms with Crippen LogP contribution in [-0.2, 0) is 13.0 Å². The quantitative estimate of drug-likeness (QED) is 0.846. The molecular weight excluding hydrogens is 305 g/mol. The average Bonchev–Trinajstić information content (AvgIpc) is 2.54. The highest BCUT2D eigenvalue weighted by Gasteiger charge is 2.18. The summed E-state index contributed by atoms with van der Waals surface area (Å²) in [5.74, 6) is 0.0116. The number of aromatic nitrogens is 2.